The maximum Gasteiger partial charge on any atom is 0.145 e. The van der Waals surface area contributed by atoms with Crippen LogP contribution in [0.3, 0.4) is 0 Å². The van der Waals surface area contributed by atoms with Crippen LogP contribution >= 0.6 is 0 Å². The Morgan fingerprint density at radius 2 is 1.16 bits per heavy atom. The minimum absolute atomic E-state index is 0.813. The van der Waals surface area contributed by atoms with Crippen molar-refractivity contribution in [3.8, 4) is 45.1 Å². The molecule has 6 heteroatoms. The SMILES string of the molecule is C1=Cc2c(n(-c3ccc(-c4cc(-c5ccc(-n6c7ccccc7c7cccnc76)cc5)nc(-c5ccccn5)c4)cc3)c3ccccc23)NC1. The summed E-state index contributed by atoms with van der Waals surface area (Å²) in [5.74, 6) is 1.13. The molecule has 236 valence electrons. The summed E-state index contributed by atoms with van der Waals surface area (Å²) in [4.78, 5) is 14.5. The summed E-state index contributed by atoms with van der Waals surface area (Å²) in [6, 6.07) is 48.9. The van der Waals surface area contributed by atoms with E-state index in [0.29, 0.717) is 0 Å². The molecule has 1 N–H and O–H groups in total. The number of aromatic nitrogens is 5. The van der Waals surface area contributed by atoms with Crippen LogP contribution in [0.25, 0.3) is 84.1 Å². The molecule has 6 heterocycles. The molecule has 10 rings (SSSR count). The zero-order valence-corrected chi connectivity index (χ0v) is 27.0. The first-order chi connectivity index (χ1) is 24.8. The van der Waals surface area contributed by atoms with Crippen LogP contribution in [0.2, 0.25) is 0 Å². The largest absolute Gasteiger partial charge is 0.367 e. The Bertz CT molecular complexity index is 2680. The van der Waals surface area contributed by atoms with Gasteiger partial charge >= 0.3 is 0 Å². The topological polar surface area (TPSA) is 60.6 Å². The number of pyridine rings is 3. The normalized spacial score (nSPS) is 12.4. The monoisotopic (exact) mass is 642 g/mol. The smallest absolute Gasteiger partial charge is 0.145 e. The number of anilines is 1. The van der Waals surface area contributed by atoms with Crippen LogP contribution in [0, 0.1) is 0 Å². The van der Waals surface area contributed by atoms with Gasteiger partial charge in [-0.25, -0.2) is 9.97 Å². The first kappa shape index (κ1) is 28.2. The highest BCUT2D eigenvalue weighted by atomic mass is 15.1. The van der Waals surface area contributed by atoms with Gasteiger partial charge in [-0.3, -0.25) is 14.1 Å². The fourth-order valence-electron chi connectivity index (χ4n) is 7.34. The molecule has 1 aliphatic rings. The summed E-state index contributed by atoms with van der Waals surface area (Å²) in [7, 11) is 0. The van der Waals surface area contributed by atoms with Crippen LogP contribution in [0.5, 0.6) is 0 Å². The van der Waals surface area contributed by atoms with E-state index in [1.54, 1.807) is 0 Å². The summed E-state index contributed by atoms with van der Waals surface area (Å²) in [5, 5.41) is 7.18. The van der Waals surface area contributed by atoms with Gasteiger partial charge in [0.25, 0.3) is 0 Å². The molecule has 4 aromatic carbocycles. The molecule has 0 saturated heterocycles. The predicted molar refractivity (Wildman–Crippen MR) is 205 cm³/mol. The summed E-state index contributed by atoms with van der Waals surface area (Å²) in [5.41, 5.74) is 12.5. The zero-order chi connectivity index (χ0) is 33.0. The number of nitrogens with one attached hydrogen (secondary N) is 1. The van der Waals surface area contributed by atoms with Crippen molar-refractivity contribution in [3.63, 3.8) is 0 Å². The second-order valence-corrected chi connectivity index (χ2v) is 12.6. The zero-order valence-electron chi connectivity index (χ0n) is 27.0. The first-order valence-corrected chi connectivity index (χ1v) is 16.8. The molecule has 0 saturated carbocycles. The third-order valence-electron chi connectivity index (χ3n) is 9.65. The Kier molecular flexibility index (Phi) is 6.45. The van der Waals surface area contributed by atoms with E-state index in [1.807, 2.05) is 36.7 Å². The van der Waals surface area contributed by atoms with E-state index in [-0.39, 0.29) is 0 Å². The standard InChI is InChI=1S/C44H30N6/c1-3-14-41-34(9-1)36-11-7-25-46-43(36)49(41)32-20-16-29(17-21-32)31-27-39(48-40(28-31)38-13-5-6-24-45-38)30-18-22-33(23-19-30)50-42-15-4-2-10-35(42)37-12-8-26-47-44(37)50/h1-24,26-28,46H,25H2. The van der Waals surface area contributed by atoms with Gasteiger partial charge in [0.1, 0.15) is 11.5 Å². The molecule has 0 bridgehead atoms. The van der Waals surface area contributed by atoms with Gasteiger partial charge in [-0.05, 0) is 83.9 Å². The van der Waals surface area contributed by atoms with E-state index in [1.165, 1.54) is 21.9 Å². The summed E-state index contributed by atoms with van der Waals surface area (Å²) in [6.45, 7) is 0.813. The van der Waals surface area contributed by atoms with Crippen molar-refractivity contribution in [1.82, 2.24) is 24.1 Å². The van der Waals surface area contributed by atoms with Gasteiger partial charge in [0.05, 0.1) is 28.1 Å². The van der Waals surface area contributed by atoms with Crippen molar-refractivity contribution in [2.45, 2.75) is 0 Å². The van der Waals surface area contributed by atoms with Crippen LogP contribution in [0.15, 0.2) is 158 Å². The molecule has 1 aliphatic heterocycles. The summed E-state index contributed by atoms with van der Waals surface area (Å²) < 4.78 is 4.56. The van der Waals surface area contributed by atoms with Crippen molar-refractivity contribution >= 4 is 44.7 Å². The van der Waals surface area contributed by atoms with Gasteiger partial charge in [0.2, 0.25) is 0 Å². The Hall–Kier alpha value is -6.79. The Balaban J connectivity index is 1.07. The molecule has 50 heavy (non-hydrogen) atoms. The van der Waals surface area contributed by atoms with Crippen LogP contribution in [0.4, 0.5) is 5.82 Å². The highest BCUT2D eigenvalue weighted by molar-refractivity contribution is 6.07. The number of hydrogen-bond donors (Lipinski definition) is 1. The van der Waals surface area contributed by atoms with E-state index >= 15 is 0 Å². The molecule has 0 spiro atoms. The second kappa shape index (κ2) is 11.4. The number of benzene rings is 4. The van der Waals surface area contributed by atoms with E-state index in [0.717, 1.165) is 74.1 Å². The maximum atomic E-state index is 5.13. The lowest BCUT2D eigenvalue weighted by Crippen LogP contribution is -2.08. The molecule has 0 atom stereocenters. The molecule has 9 aromatic rings. The van der Waals surface area contributed by atoms with E-state index in [9.17, 15) is 0 Å². The Morgan fingerprint density at radius 3 is 1.96 bits per heavy atom. The lowest BCUT2D eigenvalue weighted by Gasteiger charge is -2.16. The van der Waals surface area contributed by atoms with Crippen molar-refractivity contribution in [1.29, 1.82) is 0 Å². The lowest BCUT2D eigenvalue weighted by atomic mass is 10.0. The Morgan fingerprint density at radius 1 is 0.500 bits per heavy atom. The molecule has 0 unspecified atom stereocenters. The third kappa shape index (κ3) is 4.54. The average molecular weight is 643 g/mol. The molecule has 0 radical (unpaired) electrons. The van der Waals surface area contributed by atoms with Crippen molar-refractivity contribution in [2.24, 2.45) is 0 Å². The number of fused-ring (bicyclic) bond motifs is 6. The number of nitrogens with zero attached hydrogens (tertiary/aromatic N) is 5. The van der Waals surface area contributed by atoms with Gasteiger partial charge < -0.3 is 5.32 Å². The number of rotatable bonds is 5. The van der Waals surface area contributed by atoms with E-state index < -0.39 is 0 Å². The molecular weight excluding hydrogens is 613 g/mol. The van der Waals surface area contributed by atoms with Gasteiger partial charge in [-0.1, -0.05) is 78.9 Å². The Labute approximate surface area is 288 Å². The van der Waals surface area contributed by atoms with Crippen molar-refractivity contribution in [3.05, 3.63) is 164 Å². The summed E-state index contributed by atoms with van der Waals surface area (Å²) in [6.07, 6.45) is 8.08. The molecule has 0 fully saturated rings. The molecule has 0 amide bonds. The van der Waals surface area contributed by atoms with E-state index in [2.05, 4.69) is 147 Å². The van der Waals surface area contributed by atoms with Gasteiger partial charge in [-0.2, -0.15) is 0 Å². The highest BCUT2D eigenvalue weighted by Crippen LogP contribution is 2.37. The van der Waals surface area contributed by atoms with Crippen molar-refractivity contribution < 1.29 is 0 Å². The lowest BCUT2D eigenvalue weighted by molar-refractivity contribution is 1.09. The minimum Gasteiger partial charge on any atom is -0.367 e. The van der Waals surface area contributed by atoms with Crippen LogP contribution in [-0.4, -0.2) is 30.6 Å². The third-order valence-corrected chi connectivity index (χ3v) is 9.65. The molecular formula is C44H30N6. The number of para-hydroxylation sites is 2. The fourth-order valence-corrected chi connectivity index (χ4v) is 7.34. The predicted octanol–water partition coefficient (Wildman–Crippen LogP) is 10.4. The average Bonchev–Trinajstić information content (AvgIpc) is 3.71. The molecule has 5 aromatic heterocycles. The molecule has 6 nitrogen and oxygen atoms in total. The van der Waals surface area contributed by atoms with Crippen LogP contribution in [0.1, 0.15) is 5.56 Å². The van der Waals surface area contributed by atoms with Crippen LogP contribution < -0.4 is 5.32 Å². The first-order valence-electron chi connectivity index (χ1n) is 16.8. The van der Waals surface area contributed by atoms with E-state index in [4.69, 9.17) is 9.97 Å². The van der Waals surface area contributed by atoms with Gasteiger partial charge in [0, 0.05) is 57.6 Å². The number of hydrogen-bond acceptors (Lipinski definition) is 4. The van der Waals surface area contributed by atoms with Gasteiger partial charge in [0.15, 0.2) is 0 Å². The quantitative estimate of drug-likeness (QED) is 0.203. The minimum atomic E-state index is 0.813. The summed E-state index contributed by atoms with van der Waals surface area (Å²) >= 11 is 0. The fraction of sp³-hybridized carbons (Fsp3) is 0.0227. The van der Waals surface area contributed by atoms with Crippen molar-refractivity contribution in [2.75, 3.05) is 11.9 Å². The van der Waals surface area contributed by atoms with Gasteiger partial charge in [-0.15, -0.1) is 0 Å². The van der Waals surface area contributed by atoms with Crippen LogP contribution in [-0.2, 0) is 0 Å². The maximum absolute atomic E-state index is 5.13. The highest BCUT2D eigenvalue weighted by Gasteiger charge is 2.19. The molecule has 0 aliphatic carbocycles. The second-order valence-electron chi connectivity index (χ2n) is 12.6.